The molecule has 2 aromatic heterocycles. The highest BCUT2D eigenvalue weighted by Gasteiger charge is 2.19. The number of carbonyl (C=O) groups is 1. The number of Topliss-reactive ketones (excluding diaryl/α,β-unsaturated/α-hetero) is 1. The normalized spacial score (nSPS) is 10.9. The molecule has 0 aliphatic rings. The molecule has 0 radical (unpaired) electrons. The fourth-order valence-corrected chi connectivity index (χ4v) is 2.62. The molecule has 1 aromatic carbocycles. The molecule has 0 spiro atoms. The standard InChI is InChI=1S/C16H13BrN2O/c1-11-5-4-6-12(9-11)16-15(14(20)10-17)13-7-2-3-8-19(13)18-16/h2-9H,10H2,1H3. The van der Waals surface area contributed by atoms with Crippen LogP contribution in [0.3, 0.4) is 0 Å². The first-order valence-corrected chi connectivity index (χ1v) is 7.46. The van der Waals surface area contributed by atoms with Crippen molar-refractivity contribution < 1.29 is 4.79 Å². The van der Waals surface area contributed by atoms with Gasteiger partial charge >= 0.3 is 0 Å². The van der Waals surface area contributed by atoms with E-state index in [2.05, 4.69) is 21.0 Å². The first kappa shape index (κ1) is 13.1. The summed E-state index contributed by atoms with van der Waals surface area (Å²) in [6.45, 7) is 2.03. The Balaban J connectivity index is 2.32. The predicted octanol–water partition coefficient (Wildman–Crippen LogP) is 3.89. The van der Waals surface area contributed by atoms with Crippen molar-refractivity contribution in [3.05, 3.63) is 59.8 Å². The van der Waals surface area contributed by atoms with Crippen LogP contribution >= 0.6 is 15.9 Å². The van der Waals surface area contributed by atoms with Crippen molar-refractivity contribution in [3.63, 3.8) is 0 Å². The van der Waals surface area contributed by atoms with Gasteiger partial charge in [0.1, 0.15) is 5.69 Å². The highest BCUT2D eigenvalue weighted by atomic mass is 79.9. The highest BCUT2D eigenvalue weighted by molar-refractivity contribution is 9.09. The van der Waals surface area contributed by atoms with E-state index >= 15 is 0 Å². The maximum atomic E-state index is 12.3. The Morgan fingerprint density at radius 1 is 1.25 bits per heavy atom. The molecule has 0 bridgehead atoms. The van der Waals surface area contributed by atoms with E-state index in [1.54, 1.807) is 4.52 Å². The number of hydrogen-bond acceptors (Lipinski definition) is 2. The Bertz CT molecular complexity index is 792. The van der Waals surface area contributed by atoms with E-state index in [0.29, 0.717) is 10.9 Å². The minimum Gasteiger partial charge on any atom is -0.293 e. The molecule has 0 saturated heterocycles. The molecule has 3 aromatic rings. The van der Waals surface area contributed by atoms with E-state index in [-0.39, 0.29) is 5.78 Å². The zero-order valence-electron chi connectivity index (χ0n) is 11.0. The summed E-state index contributed by atoms with van der Waals surface area (Å²) in [5.41, 5.74) is 4.38. The number of benzene rings is 1. The van der Waals surface area contributed by atoms with Gasteiger partial charge in [0.15, 0.2) is 5.78 Å². The van der Waals surface area contributed by atoms with Crippen molar-refractivity contribution in [2.75, 3.05) is 5.33 Å². The van der Waals surface area contributed by atoms with Gasteiger partial charge in [0.25, 0.3) is 0 Å². The van der Waals surface area contributed by atoms with Gasteiger partial charge in [-0.25, -0.2) is 4.52 Å². The monoisotopic (exact) mass is 328 g/mol. The van der Waals surface area contributed by atoms with Crippen molar-refractivity contribution in [3.8, 4) is 11.3 Å². The third-order valence-electron chi connectivity index (χ3n) is 3.23. The fourth-order valence-electron chi connectivity index (χ4n) is 2.33. The lowest BCUT2D eigenvalue weighted by molar-refractivity contribution is 0.102. The summed E-state index contributed by atoms with van der Waals surface area (Å²) >= 11 is 3.26. The molecule has 3 rings (SSSR count). The topological polar surface area (TPSA) is 34.4 Å². The molecule has 0 unspecified atom stereocenters. The molecular weight excluding hydrogens is 316 g/mol. The summed E-state index contributed by atoms with van der Waals surface area (Å²) in [4.78, 5) is 12.3. The van der Waals surface area contributed by atoms with Crippen LogP contribution in [0.5, 0.6) is 0 Å². The van der Waals surface area contributed by atoms with Crippen molar-refractivity contribution in [1.82, 2.24) is 9.61 Å². The number of halogens is 1. The van der Waals surface area contributed by atoms with Crippen molar-refractivity contribution in [2.24, 2.45) is 0 Å². The highest BCUT2D eigenvalue weighted by Crippen LogP contribution is 2.27. The number of alkyl halides is 1. The molecule has 0 amide bonds. The van der Waals surface area contributed by atoms with E-state index in [9.17, 15) is 4.79 Å². The number of rotatable bonds is 3. The number of aryl methyl sites for hydroxylation is 1. The first-order valence-electron chi connectivity index (χ1n) is 6.34. The second kappa shape index (κ2) is 5.21. The maximum Gasteiger partial charge on any atom is 0.177 e. The van der Waals surface area contributed by atoms with E-state index in [1.807, 2.05) is 55.6 Å². The Kier molecular flexibility index (Phi) is 3.40. The van der Waals surface area contributed by atoms with Gasteiger partial charge in [0, 0.05) is 11.8 Å². The number of pyridine rings is 1. The third-order valence-corrected chi connectivity index (χ3v) is 3.74. The molecule has 4 heteroatoms. The third kappa shape index (κ3) is 2.16. The number of aromatic nitrogens is 2. The van der Waals surface area contributed by atoms with Crippen LogP contribution in [-0.4, -0.2) is 20.7 Å². The van der Waals surface area contributed by atoms with Crippen molar-refractivity contribution in [2.45, 2.75) is 6.92 Å². The van der Waals surface area contributed by atoms with Gasteiger partial charge in [0.2, 0.25) is 0 Å². The molecule has 0 atom stereocenters. The summed E-state index contributed by atoms with van der Waals surface area (Å²) in [7, 11) is 0. The van der Waals surface area contributed by atoms with Gasteiger partial charge in [-0.15, -0.1) is 0 Å². The quantitative estimate of drug-likeness (QED) is 0.540. The van der Waals surface area contributed by atoms with Crippen LogP contribution in [0.25, 0.3) is 16.8 Å². The summed E-state index contributed by atoms with van der Waals surface area (Å²) in [6, 6.07) is 13.8. The lowest BCUT2D eigenvalue weighted by Crippen LogP contribution is -2.01. The summed E-state index contributed by atoms with van der Waals surface area (Å²) < 4.78 is 1.76. The van der Waals surface area contributed by atoms with Gasteiger partial charge in [-0.2, -0.15) is 5.10 Å². The largest absolute Gasteiger partial charge is 0.293 e. The molecule has 100 valence electrons. The second-order valence-electron chi connectivity index (χ2n) is 4.68. The number of fused-ring (bicyclic) bond motifs is 1. The van der Waals surface area contributed by atoms with Crippen molar-refractivity contribution in [1.29, 1.82) is 0 Å². The molecular formula is C16H13BrN2O. The van der Waals surface area contributed by atoms with Gasteiger partial charge in [-0.3, -0.25) is 4.79 Å². The zero-order chi connectivity index (χ0) is 14.1. The number of nitrogens with zero attached hydrogens (tertiary/aromatic N) is 2. The van der Waals surface area contributed by atoms with Gasteiger partial charge in [0.05, 0.1) is 16.4 Å². The smallest absolute Gasteiger partial charge is 0.177 e. The second-order valence-corrected chi connectivity index (χ2v) is 5.24. The molecule has 0 aliphatic carbocycles. The van der Waals surface area contributed by atoms with Crippen LogP contribution in [0.2, 0.25) is 0 Å². The van der Waals surface area contributed by atoms with Crippen LogP contribution in [0, 0.1) is 6.92 Å². The minimum atomic E-state index is 0.0442. The fraction of sp³-hybridized carbons (Fsp3) is 0.125. The van der Waals surface area contributed by atoms with E-state index in [1.165, 1.54) is 0 Å². The van der Waals surface area contributed by atoms with E-state index in [4.69, 9.17) is 0 Å². The number of hydrogen-bond donors (Lipinski definition) is 0. The van der Waals surface area contributed by atoms with Crippen LogP contribution < -0.4 is 0 Å². The van der Waals surface area contributed by atoms with Crippen LogP contribution in [0.4, 0.5) is 0 Å². The van der Waals surface area contributed by atoms with E-state index < -0.39 is 0 Å². The van der Waals surface area contributed by atoms with Gasteiger partial charge in [-0.1, -0.05) is 45.8 Å². The Labute approximate surface area is 125 Å². The average Bonchev–Trinajstić information content (AvgIpc) is 2.86. The number of carbonyl (C=O) groups excluding carboxylic acids is 1. The Morgan fingerprint density at radius 3 is 2.85 bits per heavy atom. The first-order chi connectivity index (χ1) is 9.70. The number of ketones is 1. The lowest BCUT2D eigenvalue weighted by atomic mass is 10.0. The summed E-state index contributed by atoms with van der Waals surface area (Å²) in [6.07, 6.45) is 1.86. The summed E-state index contributed by atoms with van der Waals surface area (Å²) in [5, 5.41) is 4.86. The predicted molar refractivity (Wildman–Crippen MR) is 83.5 cm³/mol. The molecule has 0 aliphatic heterocycles. The average molecular weight is 329 g/mol. The molecule has 0 fully saturated rings. The summed E-state index contributed by atoms with van der Waals surface area (Å²) in [5.74, 6) is 0.0442. The lowest BCUT2D eigenvalue weighted by Gasteiger charge is -2.02. The minimum absolute atomic E-state index is 0.0442. The molecule has 20 heavy (non-hydrogen) atoms. The van der Waals surface area contributed by atoms with Gasteiger partial charge < -0.3 is 0 Å². The molecule has 3 nitrogen and oxygen atoms in total. The van der Waals surface area contributed by atoms with Crippen LogP contribution in [0.1, 0.15) is 15.9 Å². The Morgan fingerprint density at radius 2 is 2.10 bits per heavy atom. The zero-order valence-corrected chi connectivity index (χ0v) is 12.6. The van der Waals surface area contributed by atoms with Crippen LogP contribution in [0.15, 0.2) is 48.7 Å². The SMILES string of the molecule is Cc1cccc(-c2nn3ccccc3c2C(=O)CBr)c1. The van der Waals surface area contributed by atoms with Crippen molar-refractivity contribution >= 4 is 27.2 Å². The maximum absolute atomic E-state index is 12.3. The van der Waals surface area contributed by atoms with Crippen LogP contribution in [-0.2, 0) is 0 Å². The van der Waals surface area contributed by atoms with E-state index in [0.717, 1.165) is 22.3 Å². The van der Waals surface area contributed by atoms with Gasteiger partial charge in [-0.05, 0) is 25.1 Å². The molecule has 2 heterocycles. The Hall–Kier alpha value is -1.94. The molecule has 0 saturated carbocycles. The molecule has 0 N–H and O–H groups in total.